The third-order valence-corrected chi connectivity index (χ3v) is 5.42. The number of thiazole rings is 1. The van der Waals surface area contributed by atoms with Crippen LogP contribution in [-0.4, -0.2) is 39.8 Å². The molecule has 3 rings (SSSR count). The molecule has 0 spiro atoms. The number of nitrogens with two attached hydrogens (primary N) is 1. The van der Waals surface area contributed by atoms with Gasteiger partial charge in [-0.2, -0.15) is 0 Å². The Labute approximate surface area is 154 Å². The second-order valence-corrected chi connectivity index (χ2v) is 7.32. The Hall–Kier alpha value is -2.19. The molecule has 2 amide bonds. The standard InChI is InChI=1S/C16H18ClN5O2S/c1-9-13(15(24)22-6-4-10(5-7-22)14(18)23)25-16(20-9)21-12-3-2-11(17)8-19-12/h2-3,8,10H,4-7H2,1H3,(H2,18,23)(H,19,20,21). The average molecular weight is 380 g/mol. The van der Waals surface area contributed by atoms with Crippen molar-refractivity contribution in [3.05, 3.63) is 33.9 Å². The van der Waals surface area contributed by atoms with E-state index in [2.05, 4.69) is 15.3 Å². The van der Waals surface area contributed by atoms with Gasteiger partial charge in [0.05, 0.1) is 10.7 Å². The van der Waals surface area contributed by atoms with Crippen molar-refractivity contribution < 1.29 is 9.59 Å². The van der Waals surface area contributed by atoms with Crippen LogP contribution in [-0.2, 0) is 4.79 Å². The van der Waals surface area contributed by atoms with Gasteiger partial charge in [-0.15, -0.1) is 0 Å². The molecule has 1 aliphatic rings. The van der Waals surface area contributed by atoms with E-state index in [0.29, 0.717) is 52.5 Å². The molecule has 1 saturated heterocycles. The predicted octanol–water partition coefficient (Wildman–Crippen LogP) is 2.58. The highest BCUT2D eigenvalue weighted by molar-refractivity contribution is 7.17. The Bertz CT molecular complexity index is 784. The van der Waals surface area contributed by atoms with Crippen molar-refractivity contribution in [2.45, 2.75) is 19.8 Å². The summed E-state index contributed by atoms with van der Waals surface area (Å²) in [4.78, 5) is 34.9. The van der Waals surface area contributed by atoms with Gasteiger partial charge in [-0.3, -0.25) is 9.59 Å². The SMILES string of the molecule is Cc1nc(Nc2ccc(Cl)cn2)sc1C(=O)N1CCC(C(N)=O)CC1. The lowest BCUT2D eigenvalue weighted by Crippen LogP contribution is -2.41. The van der Waals surface area contributed by atoms with Gasteiger partial charge in [0.2, 0.25) is 5.91 Å². The van der Waals surface area contributed by atoms with Crippen molar-refractivity contribution in [3.63, 3.8) is 0 Å². The number of carbonyl (C=O) groups is 2. The predicted molar refractivity (Wildman–Crippen MR) is 97.2 cm³/mol. The van der Waals surface area contributed by atoms with Crippen LogP contribution in [0.4, 0.5) is 10.9 Å². The van der Waals surface area contributed by atoms with Gasteiger partial charge in [0.15, 0.2) is 5.13 Å². The van der Waals surface area contributed by atoms with E-state index in [1.807, 2.05) is 0 Å². The van der Waals surface area contributed by atoms with Gasteiger partial charge in [-0.25, -0.2) is 9.97 Å². The molecular formula is C16H18ClN5O2S. The topological polar surface area (TPSA) is 101 Å². The number of anilines is 2. The summed E-state index contributed by atoms with van der Waals surface area (Å²) in [5.41, 5.74) is 6.01. The number of hydrogen-bond donors (Lipinski definition) is 2. The van der Waals surface area contributed by atoms with E-state index < -0.39 is 0 Å². The summed E-state index contributed by atoms with van der Waals surface area (Å²) in [6.07, 6.45) is 2.76. The van der Waals surface area contributed by atoms with Gasteiger partial charge in [0.1, 0.15) is 10.7 Å². The fourth-order valence-electron chi connectivity index (χ4n) is 2.72. The Balaban J connectivity index is 1.68. The average Bonchev–Trinajstić information content (AvgIpc) is 2.96. The zero-order valence-corrected chi connectivity index (χ0v) is 15.2. The number of carbonyl (C=O) groups excluding carboxylic acids is 2. The van der Waals surface area contributed by atoms with Crippen LogP contribution in [0.2, 0.25) is 5.02 Å². The van der Waals surface area contributed by atoms with Gasteiger partial charge >= 0.3 is 0 Å². The van der Waals surface area contributed by atoms with E-state index in [1.165, 1.54) is 11.3 Å². The highest BCUT2D eigenvalue weighted by atomic mass is 35.5. The maximum atomic E-state index is 12.7. The first kappa shape index (κ1) is 17.6. The molecule has 7 nitrogen and oxygen atoms in total. The minimum Gasteiger partial charge on any atom is -0.369 e. The lowest BCUT2D eigenvalue weighted by atomic mass is 9.96. The molecule has 0 radical (unpaired) electrons. The largest absolute Gasteiger partial charge is 0.369 e. The van der Waals surface area contributed by atoms with Crippen LogP contribution < -0.4 is 11.1 Å². The summed E-state index contributed by atoms with van der Waals surface area (Å²) in [5.74, 6) is 0.122. The van der Waals surface area contributed by atoms with Crippen molar-refractivity contribution >= 4 is 45.7 Å². The molecule has 132 valence electrons. The fourth-order valence-corrected chi connectivity index (χ4v) is 3.77. The zero-order valence-electron chi connectivity index (χ0n) is 13.7. The van der Waals surface area contributed by atoms with Gasteiger partial charge in [0.25, 0.3) is 5.91 Å². The number of likely N-dealkylation sites (tertiary alicyclic amines) is 1. The molecule has 3 heterocycles. The normalized spacial score (nSPS) is 15.2. The lowest BCUT2D eigenvalue weighted by Gasteiger charge is -2.30. The highest BCUT2D eigenvalue weighted by Crippen LogP contribution is 2.28. The summed E-state index contributed by atoms with van der Waals surface area (Å²) in [6.45, 7) is 2.87. The number of nitrogens with one attached hydrogen (secondary N) is 1. The van der Waals surface area contributed by atoms with E-state index in [0.717, 1.165) is 0 Å². The van der Waals surface area contributed by atoms with Crippen molar-refractivity contribution in [3.8, 4) is 0 Å². The Morgan fingerprint density at radius 1 is 1.36 bits per heavy atom. The van der Waals surface area contributed by atoms with E-state index in [9.17, 15) is 9.59 Å². The molecule has 9 heteroatoms. The number of primary amides is 1. The smallest absolute Gasteiger partial charge is 0.265 e. The Kier molecular flexibility index (Phi) is 5.19. The number of piperidine rings is 1. The molecule has 0 aromatic carbocycles. The van der Waals surface area contributed by atoms with E-state index in [1.54, 1.807) is 30.2 Å². The number of amides is 2. The van der Waals surface area contributed by atoms with E-state index in [4.69, 9.17) is 17.3 Å². The fraction of sp³-hybridized carbons (Fsp3) is 0.375. The van der Waals surface area contributed by atoms with Crippen LogP contribution in [0.3, 0.4) is 0 Å². The molecule has 25 heavy (non-hydrogen) atoms. The maximum absolute atomic E-state index is 12.7. The summed E-state index contributed by atoms with van der Waals surface area (Å²) >= 11 is 7.11. The molecular weight excluding hydrogens is 362 g/mol. The van der Waals surface area contributed by atoms with Crippen LogP contribution in [0.1, 0.15) is 28.2 Å². The molecule has 3 N–H and O–H groups in total. The second kappa shape index (κ2) is 7.37. The second-order valence-electron chi connectivity index (χ2n) is 5.89. The molecule has 2 aromatic heterocycles. The van der Waals surface area contributed by atoms with Crippen molar-refractivity contribution in [2.75, 3.05) is 18.4 Å². The van der Waals surface area contributed by atoms with Gasteiger partial charge in [-0.1, -0.05) is 22.9 Å². The van der Waals surface area contributed by atoms with Crippen molar-refractivity contribution in [2.24, 2.45) is 11.7 Å². The quantitative estimate of drug-likeness (QED) is 0.850. The zero-order chi connectivity index (χ0) is 18.0. The first-order valence-corrected chi connectivity index (χ1v) is 9.08. The molecule has 0 unspecified atom stereocenters. The minimum atomic E-state index is -0.289. The Morgan fingerprint density at radius 3 is 2.68 bits per heavy atom. The molecule has 0 atom stereocenters. The van der Waals surface area contributed by atoms with Crippen LogP contribution in [0.5, 0.6) is 0 Å². The van der Waals surface area contributed by atoms with Crippen LogP contribution >= 0.6 is 22.9 Å². The first-order chi connectivity index (χ1) is 11.9. The third kappa shape index (κ3) is 4.08. The highest BCUT2D eigenvalue weighted by Gasteiger charge is 2.28. The van der Waals surface area contributed by atoms with Crippen molar-refractivity contribution in [1.29, 1.82) is 0 Å². The molecule has 0 saturated carbocycles. The summed E-state index contributed by atoms with van der Waals surface area (Å²) in [6, 6.07) is 3.47. The third-order valence-electron chi connectivity index (χ3n) is 4.14. The molecule has 0 bridgehead atoms. The summed E-state index contributed by atoms with van der Waals surface area (Å²) in [5, 5.41) is 4.23. The number of pyridine rings is 1. The number of halogens is 1. The molecule has 0 aliphatic carbocycles. The number of aromatic nitrogens is 2. The van der Waals surface area contributed by atoms with Gasteiger partial charge in [0, 0.05) is 25.2 Å². The first-order valence-electron chi connectivity index (χ1n) is 7.88. The molecule has 1 fully saturated rings. The van der Waals surface area contributed by atoms with E-state index in [-0.39, 0.29) is 17.7 Å². The maximum Gasteiger partial charge on any atom is 0.265 e. The number of nitrogens with zero attached hydrogens (tertiary/aromatic N) is 3. The monoisotopic (exact) mass is 379 g/mol. The summed E-state index contributed by atoms with van der Waals surface area (Å²) in [7, 11) is 0. The van der Waals surface area contributed by atoms with E-state index >= 15 is 0 Å². The van der Waals surface area contributed by atoms with Crippen LogP contribution in [0.25, 0.3) is 0 Å². The molecule has 2 aromatic rings. The number of rotatable bonds is 4. The minimum absolute atomic E-state index is 0.0602. The van der Waals surface area contributed by atoms with Crippen LogP contribution in [0, 0.1) is 12.8 Å². The number of aryl methyl sites for hydroxylation is 1. The van der Waals surface area contributed by atoms with Gasteiger partial charge < -0.3 is 16.0 Å². The van der Waals surface area contributed by atoms with Crippen LogP contribution in [0.15, 0.2) is 18.3 Å². The number of hydrogen-bond acceptors (Lipinski definition) is 6. The summed E-state index contributed by atoms with van der Waals surface area (Å²) < 4.78 is 0. The molecule has 1 aliphatic heterocycles. The van der Waals surface area contributed by atoms with Gasteiger partial charge in [-0.05, 0) is 31.9 Å². The Morgan fingerprint density at radius 2 is 2.08 bits per heavy atom. The lowest BCUT2D eigenvalue weighted by molar-refractivity contribution is -0.123. The van der Waals surface area contributed by atoms with Crippen molar-refractivity contribution in [1.82, 2.24) is 14.9 Å².